The molecule has 2 unspecified atom stereocenters. The Morgan fingerprint density at radius 3 is 2.80 bits per heavy atom. The highest BCUT2D eigenvalue weighted by molar-refractivity contribution is 5.98. The smallest absolute Gasteiger partial charge is 0.321 e. The van der Waals surface area contributed by atoms with Crippen LogP contribution >= 0.6 is 0 Å². The molecule has 2 aromatic rings. The van der Waals surface area contributed by atoms with Gasteiger partial charge < -0.3 is 30.5 Å². The van der Waals surface area contributed by atoms with Crippen LogP contribution in [0.3, 0.4) is 0 Å². The fourth-order valence-electron chi connectivity index (χ4n) is 4.07. The molecule has 12 heteroatoms. The minimum Gasteiger partial charge on any atom is -0.497 e. The highest BCUT2D eigenvalue weighted by Gasteiger charge is 2.39. The van der Waals surface area contributed by atoms with Crippen molar-refractivity contribution < 1.29 is 23.9 Å². The fraction of sp³-hybridized carbons (Fsp3) is 0.391. The first-order valence-electron chi connectivity index (χ1n) is 11.3. The molecular weight excluding hydrogens is 454 g/mol. The number of anilines is 1. The highest BCUT2D eigenvalue weighted by Crippen LogP contribution is 2.19. The molecule has 0 radical (unpaired) electrons. The van der Waals surface area contributed by atoms with Crippen LogP contribution in [0.2, 0.25) is 0 Å². The Balaban J connectivity index is 1.51. The monoisotopic (exact) mass is 481 g/mol. The number of methoxy groups -OCH3 is 1. The van der Waals surface area contributed by atoms with E-state index in [1.165, 1.54) is 35.5 Å². The number of amides is 5. The molecule has 1 aromatic carbocycles. The number of piperidine rings is 1. The molecule has 0 spiro atoms. The van der Waals surface area contributed by atoms with Crippen molar-refractivity contribution in [1.29, 1.82) is 0 Å². The third-order valence-electron chi connectivity index (χ3n) is 5.94. The molecule has 184 valence electrons. The zero-order valence-corrected chi connectivity index (χ0v) is 19.3. The summed E-state index contributed by atoms with van der Waals surface area (Å²) < 4.78 is 5.19. The zero-order valence-electron chi connectivity index (χ0n) is 19.3. The van der Waals surface area contributed by atoms with Crippen LogP contribution in [0.4, 0.5) is 10.5 Å². The van der Waals surface area contributed by atoms with Crippen molar-refractivity contribution in [2.45, 2.75) is 24.9 Å². The molecular formula is C23H27N7O5. The van der Waals surface area contributed by atoms with Gasteiger partial charge in [-0.25, -0.2) is 9.78 Å². The standard InChI is InChI=1S/C23H27N7O5/c1-35-16-5-2-4-15(12-16)27-23(34)29-10-11-30(22(33)18-13-24-8-9-25-18)19(14-29)21(32)28-17-6-3-7-26-20(17)31/h2,4-5,8-9,12-13,17,19H,3,6-7,10-11,14H2,1H3,(H,26,31)(H,27,34)(H,28,32). The van der Waals surface area contributed by atoms with Crippen LogP contribution in [0.5, 0.6) is 5.75 Å². The molecule has 1 aromatic heterocycles. The van der Waals surface area contributed by atoms with Gasteiger partial charge in [-0.3, -0.25) is 19.4 Å². The van der Waals surface area contributed by atoms with E-state index in [2.05, 4.69) is 25.9 Å². The molecule has 2 aliphatic heterocycles. The Kier molecular flexibility index (Phi) is 7.38. The van der Waals surface area contributed by atoms with Gasteiger partial charge in [0.25, 0.3) is 5.91 Å². The molecule has 0 saturated carbocycles. The summed E-state index contributed by atoms with van der Waals surface area (Å²) in [5.41, 5.74) is 0.627. The Morgan fingerprint density at radius 2 is 2.06 bits per heavy atom. The SMILES string of the molecule is COc1cccc(NC(=O)N2CCN(C(=O)c3cnccn3)C(C(=O)NC3CCCNC3=O)C2)c1. The van der Waals surface area contributed by atoms with E-state index in [9.17, 15) is 19.2 Å². The lowest BCUT2D eigenvalue weighted by atomic mass is 10.0. The minimum atomic E-state index is -1.01. The van der Waals surface area contributed by atoms with Crippen LogP contribution in [0, 0.1) is 0 Å². The number of nitrogens with zero attached hydrogens (tertiary/aromatic N) is 4. The van der Waals surface area contributed by atoms with Crippen molar-refractivity contribution in [2.75, 3.05) is 38.6 Å². The van der Waals surface area contributed by atoms with Crippen molar-refractivity contribution in [1.82, 2.24) is 30.4 Å². The molecule has 0 aliphatic carbocycles. The molecule has 2 fully saturated rings. The van der Waals surface area contributed by atoms with Gasteiger partial charge in [0.05, 0.1) is 19.9 Å². The van der Waals surface area contributed by atoms with Gasteiger partial charge in [0.1, 0.15) is 23.5 Å². The normalized spacial score (nSPS) is 20.0. The fourth-order valence-corrected chi connectivity index (χ4v) is 4.07. The van der Waals surface area contributed by atoms with Crippen LogP contribution in [-0.2, 0) is 9.59 Å². The number of ether oxygens (including phenoxy) is 1. The molecule has 3 N–H and O–H groups in total. The van der Waals surface area contributed by atoms with Gasteiger partial charge in [-0.2, -0.15) is 0 Å². The second kappa shape index (κ2) is 10.8. The third kappa shape index (κ3) is 5.65. The number of hydrogen-bond donors (Lipinski definition) is 3. The number of carbonyl (C=O) groups excluding carboxylic acids is 4. The van der Waals surface area contributed by atoms with Gasteiger partial charge in [0.2, 0.25) is 11.8 Å². The third-order valence-corrected chi connectivity index (χ3v) is 5.94. The van der Waals surface area contributed by atoms with Crippen LogP contribution in [0.1, 0.15) is 23.3 Å². The summed E-state index contributed by atoms with van der Waals surface area (Å²) in [5.74, 6) is -0.660. The highest BCUT2D eigenvalue weighted by atomic mass is 16.5. The van der Waals surface area contributed by atoms with Crippen molar-refractivity contribution in [3.8, 4) is 5.75 Å². The number of benzene rings is 1. The lowest BCUT2D eigenvalue weighted by Crippen LogP contribution is -2.64. The minimum absolute atomic E-state index is 0.0536. The number of piperazine rings is 1. The summed E-state index contributed by atoms with van der Waals surface area (Å²) >= 11 is 0. The van der Waals surface area contributed by atoms with Gasteiger partial charge in [-0.1, -0.05) is 6.07 Å². The summed E-state index contributed by atoms with van der Waals surface area (Å²) in [6, 6.07) is 4.79. The van der Waals surface area contributed by atoms with E-state index < -0.39 is 29.9 Å². The van der Waals surface area contributed by atoms with Crippen LogP contribution in [-0.4, -0.2) is 88.9 Å². The number of carbonyl (C=O) groups is 4. The number of aromatic nitrogens is 2. The number of urea groups is 1. The van der Waals surface area contributed by atoms with Gasteiger partial charge in [-0.05, 0) is 25.0 Å². The van der Waals surface area contributed by atoms with Crippen molar-refractivity contribution in [2.24, 2.45) is 0 Å². The Bertz CT molecular complexity index is 1100. The second-order valence-electron chi connectivity index (χ2n) is 8.21. The molecule has 2 aliphatic rings. The lowest BCUT2D eigenvalue weighted by molar-refractivity contribution is -0.133. The van der Waals surface area contributed by atoms with Crippen molar-refractivity contribution in [3.63, 3.8) is 0 Å². The maximum Gasteiger partial charge on any atom is 0.321 e. The first-order chi connectivity index (χ1) is 17.0. The van der Waals surface area contributed by atoms with Gasteiger partial charge >= 0.3 is 6.03 Å². The Hall–Kier alpha value is -4.22. The molecule has 0 bridgehead atoms. The quantitative estimate of drug-likeness (QED) is 0.554. The lowest BCUT2D eigenvalue weighted by Gasteiger charge is -2.40. The first kappa shape index (κ1) is 23.9. The van der Waals surface area contributed by atoms with E-state index in [4.69, 9.17) is 4.74 Å². The summed E-state index contributed by atoms with van der Waals surface area (Å²) in [6.07, 6.45) is 5.41. The summed E-state index contributed by atoms with van der Waals surface area (Å²) in [4.78, 5) is 62.4. The van der Waals surface area contributed by atoms with Gasteiger partial charge in [0, 0.05) is 43.8 Å². The number of rotatable bonds is 5. The molecule has 2 saturated heterocycles. The van der Waals surface area contributed by atoms with Crippen molar-refractivity contribution >= 4 is 29.4 Å². The maximum atomic E-state index is 13.3. The molecule has 2 atom stereocenters. The van der Waals surface area contributed by atoms with Crippen LogP contribution in [0.15, 0.2) is 42.9 Å². The average Bonchev–Trinajstić information content (AvgIpc) is 2.89. The van der Waals surface area contributed by atoms with Gasteiger partial charge in [0.15, 0.2) is 0 Å². The van der Waals surface area contributed by atoms with E-state index in [-0.39, 0.29) is 31.2 Å². The van der Waals surface area contributed by atoms with E-state index in [0.29, 0.717) is 24.4 Å². The van der Waals surface area contributed by atoms with E-state index in [0.717, 1.165) is 6.42 Å². The summed E-state index contributed by atoms with van der Waals surface area (Å²) in [6.45, 7) is 0.817. The topological polar surface area (TPSA) is 146 Å². The second-order valence-corrected chi connectivity index (χ2v) is 8.21. The number of nitrogens with one attached hydrogen (secondary N) is 3. The summed E-state index contributed by atoms with van der Waals surface area (Å²) in [7, 11) is 1.53. The average molecular weight is 482 g/mol. The van der Waals surface area contributed by atoms with E-state index in [1.807, 2.05) is 0 Å². The van der Waals surface area contributed by atoms with E-state index in [1.54, 1.807) is 24.3 Å². The molecule has 4 rings (SSSR count). The Morgan fingerprint density at radius 1 is 1.20 bits per heavy atom. The molecule has 3 heterocycles. The molecule has 5 amide bonds. The summed E-state index contributed by atoms with van der Waals surface area (Å²) in [5, 5.41) is 8.27. The predicted molar refractivity (Wildman–Crippen MR) is 125 cm³/mol. The number of hydrogen-bond acceptors (Lipinski definition) is 7. The predicted octanol–water partition coefficient (Wildman–Crippen LogP) is 0.239. The first-order valence-corrected chi connectivity index (χ1v) is 11.3. The van der Waals surface area contributed by atoms with Crippen LogP contribution in [0.25, 0.3) is 0 Å². The van der Waals surface area contributed by atoms with E-state index >= 15 is 0 Å². The zero-order chi connectivity index (χ0) is 24.8. The van der Waals surface area contributed by atoms with Crippen LogP contribution < -0.4 is 20.7 Å². The Labute approximate surface area is 202 Å². The maximum absolute atomic E-state index is 13.3. The van der Waals surface area contributed by atoms with Crippen molar-refractivity contribution in [3.05, 3.63) is 48.5 Å². The molecule has 35 heavy (non-hydrogen) atoms. The molecule has 12 nitrogen and oxygen atoms in total. The van der Waals surface area contributed by atoms with Gasteiger partial charge in [-0.15, -0.1) is 0 Å². The largest absolute Gasteiger partial charge is 0.497 e.